The van der Waals surface area contributed by atoms with Crippen LogP contribution < -0.4 is 0 Å². The molecule has 0 saturated carbocycles. The average Bonchev–Trinajstić information content (AvgIpc) is 2.08. The van der Waals surface area contributed by atoms with Crippen LogP contribution in [0.5, 0.6) is 0 Å². The number of rotatable bonds is 1. The average molecular weight is 163 g/mol. The van der Waals surface area contributed by atoms with Gasteiger partial charge in [0, 0.05) is 5.88 Å². The molecule has 1 heteroatoms. The highest BCUT2D eigenvalue weighted by molar-refractivity contribution is 6.18. The van der Waals surface area contributed by atoms with Crippen LogP contribution in [0.15, 0.2) is 24.8 Å². The van der Waals surface area contributed by atoms with Gasteiger partial charge in [-0.25, -0.2) is 0 Å². The number of alkyl halides is 1. The largest absolute Gasteiger partial charge is 0.122 e. The standard InChI is InChI=1S/C4H8.C3H5Cl.C2H6/c1-3-4-2;1-2-3-4;1-2/h3-4H,1-2H3;2H,1,3H2;1-2H3/b4-3+;;. The molecule has 0 bridgehead atoms. The van der Waals surface area contributed by atoms with Crippen LogP contribution >= 0.6 is 11.6 Å². The van der Waals surface area contributed by atoms with E-state index in [9.17, 15) is 0 Å². The Morgan fingerprint density at radius 2 is 1.40 bits per heavy atom. The van der Waals surface area contributed by atoms with Crippen molar-refractivity contribution >= 4 is 11.6 Å². The topological polar surface area (TPSA) is 0 Å². The fourth-order valence-electron chi connectivity index (χ4n) is 0. The molecule has 0 rings (SSSR count). The van der Waals surface area contributed by atoms with Gasteiger partial charge in [0.25, 0.3) is 0 Å². The monoisotopic (exact) mass is 162 g/mol. The highest BCUT2D eigenvalue weighted by Crippen LogP contribution is 1.67. The van der Waals surface area contributed by atoms with E-state index in [0.29, 0.717) is 5.88 Å². The predicted molar refractivity (Wildman–Crippen MR) is 52.8 cm³/mol. The molecule has 0 N–H and O–H groups in total. The molecule has 10 heavy (non-hydrogen) atoms. The van der Waals surface area contributed by atoms with Crippen molar-refractivity contribution in [3.05, 3.63) is 24.8 Å². The van der Waals surface area contributed by atoms with E-state index < -0.39 is 0 Å². The van der Waals surface area contributed by atoms with Gasteiger partial charge in [0.15, 0.2) is 0 Å². The first-order valence-electron chi connectivity index (χ1n) is 3.57. The molecule has 62 valence electrons. The van der Waals surface area contributed by atoms with Crippen molar-refractivity contribution in [1.82, 2.24) is 0 Å². The third kappa shape index (κ3) is 114. The maximum atomic E-state index is 5.07. The lowest BCUT2D eigenvalue weighted by Crippen LogP contribution is -1.45. The summed E-state index contributed by atoms with van der Waals surface area (Å²) in [5.41, 5.74) is 0. The number of hydrogen-bond donors (Lipinski definition) is 0. The highest BCUT2D eigenvalue weighted by atomic mass is 35.5. The summed E-state index contributed by atoms with van der Waals surface area (Å²) in [5, 5.41) is 0. The van der Waals surface area contributed by atoms with E-state index in [0.717, 1.165) is 0 Å². The first kappa shape index (κ1) is 16.4. The zero-order valence-electron chi connectivity index (χ0n) is 7.52. The van der Waals surface area contributed by atoms with Crippen molar-refractivity contribution in [2.75, 3.05) is 5.88 Å². The minimum Gasteiger partial charge on any atom is -0.122 e. The zero-order chi connectivity index (χ0) is 8.83. The van der Waals surface area contributed by atoms with Crippen LogP contribution in [0.1, 0.15) is 27.7 Å². The Kier molecular flexibility index (Phi) is 61.1. The van der Waals surface area contributed by atoms with Crippen molar-refractivity contribution < 1.29 is 0 Å². The Morgan fingerprint density at radius 3 is 1.40 bits per heavy atom. The summed E-state index contributed by atoms with van der Waals surface area (Å²) in [5.74, 6) is 0.556. The maximum Gasteiger partial charge on any atom is 0.0401 e. The van der Waals surface area contributed by atoms with Gasteiger partial charge >= 0.3 is 0 Å². The van der Waals surface area contributed by atoms with Crippen LogP contribution in [0.3, 0.4) is 0 Å². The van der Waals surface area contributed by atoms with Crippen LogP contribution in [0.2, 0.25) is 0 Å². The third-order valence-corrected chi connectivity index (χ3v) is 0.661. The van der Waals surface area contributed by atoms with Gasteiger partial charge in [-0.3, -0.25) is 0 Å². The summed E-state index contributed by atoms with van der Waals surface area (Å²) in [4.78, 5) is 0. The quantitative estimate of drug-likeness (QED) is 0.404. The normalized spacial score (nSPS) is 6.90. The second-order valence-corrected chi connectivity index (χ2v) is 1.42. The Morgan fingerprint density at radius 1 is 1.20 bits per heavy atom. The van der Waals surface area contributed by atoms with Crippen LogP contribution in [0, 0.1) is 0 Å². The molecule has 0 aliphatic rings. The Bertz CT molecular complexity index is 51.7. The molecule has 0 aromatic carbocycles. The molecule has 0 amide bonds. The molecule has 0 atom stereocenters. The Labute approximate surface area is 70.6 Å². The van der Waals surface area contributed by atoms with Crippen molar-refractivity contribution in [2.45, 2.75) is 27.7 Å². The lowest BCUT2D eigenvalue weighted by molar-refractivity contribution is 1.50. The van der Waals surface area contributed by atoms with Crippen molar-refractivity contribution in [1.29, 1.82) is 0 Å². The summed E-state index contributed by atoms with van der Waals surface area (Å²) in [6.07, 6.45) is 5.64. The van der Waals surface area contributed by atoms with Gasteiger partial charge in [0.05, 0.1) is 0 Å². The lowest BCUT2D eigenvalue weighted by Gasteiger charge is -1.55. The molecule has 0 spiro atoms. The van der Waals surface area contributed by atoms with Crippen molar-refractivity contribution in [3.63, 3.8) is 0 Å². The first-order valence-corrected chi connectivity index (χ1v) is 4.11. The van der Waals surface area contributed by atoms with Crippen LogP contribution in [-0.2, 0) is 0 Å². The van der Waals surface area contributed by atoms with E-state index in [1.165, 1.54) is 0 Å². The minimum absolute atomic E-state index is 0.556. The molecular weight excluding hydrogens is 144 g/mol. The molecule has 0 aliphatic heterocycles. The second-order valence-electron chi connectivity index (χ2n) is 1.11. The van der Waals surface area contributed by atoms with Crippen LogP contribution in [0.4, 0.5) is 0 Å². The molecule has 0 aromatic heterocycles. The molecule has 0 aromatic rings. The Hall–Kier alpha value is -0.230. The maximum absolute atomic E-state index is 5.07. The summed E-state index contributed by atoms with van der Waals surface area (Å²) in [7, 11) is 0. The predicted octanol–water partition coefficient (Wildman–Crippen LogP) is 4.02. The lowest BCUT2D eigenvalue weighted by atomic mass is 10.6. The number of allylic oxidation sites excluding steroid dienone is 3. The van der Waals surface area contributed by atoms with E-state index >= 15 is 0 Å². The third-order valence-electron chi connectivity index (χ3n) is 0.442. The molecule has 0 nitrogen and oxygen atoms in total. The summed E-state index contributed by atoms with van der Waals surface area (Å²) in [6, 6.07) is 0. The van der Waals surface area contributed by atoms with Gasteiger partial charge in [-0.15, -0.1) is 18.2 Å². The smallest absolute Gasteiger partial charge is 0.0401 e. The van der Waals surface area contributed by atoms with Gasteiger partial charge in [-0.2, -0.15) is 0 Å². The van der Waals surface area contributed by atoms with Crippen molar-refractivity contribution in [3.8, 4) is 0 Å². The van der Waals surface area contributed by atoms with E-state index in [4.69, 9.17) is 11.6 Å². The minimum atomic E-state index is 0.556. The van der Waals surface area contributed by atoms with E-state index in [-0.39, 0.29) is 0 Å². The SMILES string of the molecule is C/C=C/C.C=CCCl.CC. The number of halogens is 1. The van der Waals surface area contributed by atoms with Gasteiger partial charge in [0.2, 0.25) is 0 Å². The Balaban J connectivity index is -0.0000000787. The molecule has 0 saturated heterocycles. The fraction of sp³-hybridized carbons (Fsp3) is 0.556. The number of hydrogen-bond acceptors (Lipinski definition) is 0. The van der Waals surface area contributed by atoms with E-state index in [1.54, 1.807) is 6.08 Å². The van der Waals surface area contributed by atoms with Gasteiger partial charge < -0.3 is 0 Å². The summed E-state index contributed by atoms with van der Waals surface area (Å²) in [6.45, 7) is 11.3. The van der Waals surface area contributed by atoms with Crippen LogP contribution in [0.25, 0.3) is 0 Å². The molecule has 0 unspecified atom stereocenters. The second kappa shape index (κ2) is 37.3. The zero-order valence-corrected chi connectivity index (χ0v) is 8.28. The van der Waals surface area contributed by atoms with E-state index in [1.807, 2.05) is 39.8 Å². The molecule has 0 radical (unpaired) electrons. The van der Waals surface area contributed by atoms with Gasteiger partial charge in [-0.1, -0.05) is 32.1 Å². The molecule has 0 aliphatic carbocycles. The van der Waals surface area contributed by atoms with Gasteiger partial charge in [0.1, 0.15) is 0 Å². The van der Waals surface area contributed by atoms with Crippen LogP contribution in [-0.4, -0.2) is 5.88 Å². The summed E-state index contributed by atoms with van der Waals surface area (Å²) >= 11 is 5.07. The molecular formula is C9H19Cl. The summed E-state index contributed by atoms with van der Waals surface area (Å²) < 4.78 is 0. The van der Waals surface area contributed by atoms with E-state index in [2.05, 4.69) is 6.58 Å². The first-order chi connectivity index (χ1) is 4.83. The van der Waals surface area contributed by atoms with Crippen molar-refractivity contribution in [2.24, 2.45) is 0 Å². The molecule has 0 fully saturated rings. The van der Waals surface area contributed by atoms with Gasteiger partial charge in [-0.05, 0) is 13.8 Å². The highest BCUT2D eigenvalue weighted by Gasteiger charge is 1.48. The molecule has 0 heterocycles. The fourth-order valence-corrected chi connectivity index (χ4v) is 0.